The van der Waals surface area contributed by atoms with Crippen LogP contribution in [0, 0.1) is 11.6 Å². The Morgan fingerprint density at radius 2 is 1.58 bits per heavy atom. The second-order valence-corrected chi connectivity index (χ2v) is 8.65. The van der Waals surface area contributed by atoms with Gasteiger partial charge in [-0.05, 0) is 53.6 Å². The second kappa shape index (κ2) is 7.52. The minimum Gasteiger partial charge on any atom is -0.489 e. The Bertz CT molecular complexity index is 1240. The van der Waals surface area contributed by atoms with E-state index in [0.717, 1.165) is 34.6 Å². The SMILES string of the molecule is O=S(=O)(c1cccc(C(F)(F)F)c1)N1CCOc2ccc(-c3cc(F)cc(F)c3)cc21. The van der Waals surface area contributed by atoms with Crippen molar-refractivity contribution in [2.24, 2.45) is 0 Å². The molecule has 31 heavy (non-hydrogen) atoms. The van der Waals surface area contributed by atoms with Gasteiger partial charge in [-0.2, -0.15) is 13.2 Å². The maximum absolute atomic E-state index is 13.6. The molecule has 3 aromatic carbocycles. The molecule has 1 aliphatic rings. The summed E-state index contributed by atoms with van der Waals surface area (Å²) in [7, 11) is -4.37. The highest BCUT2D eigenvalue weighted by molar-refractivity contribution is 7.92. The van der Waals surface area contributed by atoms with Gasteiger partial charge in [0.2, 0.25) is 0 Å². The van der Waals surface area contributed by atoms with Gasteiger partial charge in [-0.3, -0.25) is 4.31 Å². The summed E-state index contributed by atoms with van der Waals surface area (Å²) >= 11 is 0. The first-order valence-electron chi connectivity index (χ1n) is 8.99. The number of benzene rings is 3. The molecule has 3 aromatic rings. The summed E-state index contributed by atoms with van der Waals surface area (Å²) in [5.41, 5.74) is -0.550. The predicted octanol–water partition coefficient (Wildman–Crippen LogP) is 5.24. The van der Waals surface area contributed by atoms with Crippen molar-refractivity contribution >= 4 is 15.7 Å². The number of hydrogen-bond donors (Lipinski definition) is 0. The number of fused-ring (bicyclic) bond motifs is 1. The molecule has 0 saturated carbocycles. The van der Waals surface area contributed by atoms with E-state index in [2.05, 4.69) is 0 Å². The minimum absolute atomic E-state index is 0.0148. The molecule has 4 rings (SSSR count). The standard InChI is InChI=1S/C21H14F5NO3S/c22-16-8-14(9-17(23)12-16)13-4-5-20-19(10-13)27(6-7-30-20)31(28,29)18-3-1-2-15(11-18)21(24,25)26/h1-5,8-12H,6-7H2. The third-order valence-corrected chi connectivity index (χ3v) is 6.53. The second-order valence-electron chi connectivity index (χ2n) is 6.79. The smallest absolute Gasteiger partial charge is 0.416 e. The molecular weight excluding hydrogens is 441 g/mol. The first-order chi connectivity index (χ1) is 14.6. The Labute approximate surface area is 174 Å². The zero-order chi connectivity index (χ0) is 22.4. The van der Waals surface area contributed by atoms with E-state index in [9.17, 15) is 30.4 Å². The van der Waals surface area contributed by atoms with Gasteiger partial charge >= 0.3 is 6.18 Å². The number of rotatable bonds is 3. The quantitative estimate of drug-likeness (QED) is 0.508. The van der Waals surface area contributed by atoms with Gasteiger partial charge in [-0.25, -0.2) is 17.2 Å². The molecule has 162 valence electrons. The number of ether oxygens (including phenoxy) is 1. The summed E-state index contributed by atoms with van der Waals surface area (Å²) in [5, 5.41) is 0. The summed E-state index contributed by atoms with van der Waals surface area (Å²) in [6, 6.07) is 10.6. The summed E-state index contributed by atoms with van der Waals surface area (Å²) in [6.45, 7) is -0.161. The van der Waals surface area contributed by atoms with Crippen LogP contribution in [0.5, 0.6) is 5.75 Å². The van der Waals surface area contributed by atoms with Crippen LogP contribution in [0.25, 0.3) is 11.1 Å². The van der Waals surface area contributed by atoms with Crippen LogP contribution >= 0.6 is 0 Å². The van der Waals surface area contributed by atoms with Crippen molar-refractivity contribution in [3.8, 4) is 16.9 Å². The first kappa shape index (κ1) is 21.1. The molecule has 0 atom stereocenters. The molecule has 0 radical (unpaired) electrons. The molecule has 1 aliphatic heterocycles. The van der Waals surface area contributed by atoms with Gasteiger partial charge in [-0.1, -0.05) is 12.1 Å². The van der Waals surface area contributed by atoms with Gasteiger partial charge in [0.15, 0.2) is 0 Å². The molecule has 0 fully saturated rings. The summed E-state index contributed by atoms with van der Waals surface area (Å²) < 4.78 is 99.1. The van der Waals surface area contributed by atoms with Gasteiger partial charge in [0.05, 0.1) is 22.7 Å². The molecule has 0 bridgehead atoms. The number of sulfonamides is 1. The van der Waals surface area contributed by atoms with Crippen LogP contribution in [0.3, 0.4) is 0 Å². The molecule has 1 heterocycles. The topological polar surface area (TPSA) is 46.6 Å². The molecule has 0 spiro atoms. The van der Waals surface area contributed by atoms with Gasteiger partial charge in [0.25, 0.3) is 10.0 Å². The highest BCUT2D eigenvalue weighted by Gasteiger charge is 2.34. The average Bonchev–Trinajstić information content (AvgIpc) is 2.71. The number of anilines is 1. The molecule has 0 amide bonds. The van der Waals surface area contributed by atoms with E-state index in [4.69, 9.17) is 4.74 Å². The summed E-state index contributed by atoms with van der Waals surface area (Å²) in [6.07, 6.45) is -4.71. The summed E-state index contributed by atoms with van der Waals surface area (Å²) in [4.78, 5) is -0.530. The molecule has 0 N–H and O–H groups in total. The van der Waals surface area contributed by atoms with Crippen LogP contribution in [-0.4, -0.2) is 21.6 Å². The summed E-state index contributed by atoms with van der Waals surface area (Å²) in [5.74, 6) is -1.43. The Kier molecular flexibility index (Phi) is 5.12. The normalized spacial score (nSPS) is 14.2. The Balaban J connectivity index is 1.80. The maximum atomic E-state index is 13.6. The largest absolute Gasteiger partial charge is 0.489 e. The lowest BCUT2D eigenvalue weighted by Crippen LogP contribution is -2.38. The van der Waals surface area contributed by atoms with E-state index in [0.29, 0.717) is 17.7 Å². The van der Waals surface area contributed by atoms with E-state index < -0.39 is 38.3 Å². The Morgan fingerprint density at radius 1 is 0.871 bits per heavy atom. The molecule has 10 heteroatoms. The van der Waals surface area contributed by atoms with Gasteiger partial charge in [0.1, 0.15) is 24.0 Å². The predicted molar refractivity (Wildman–Crippen MR) is 103 cm³/mol. The van der Waals surface area contributed by atoms with E-state index in [1.54, 1.807) is 0 Å². The lowest BCUT2D eigenvalue weighted by molar-refractivity contribution is -0.137. The molecule has 0 aromatic heterocycles. The maximum Gasteiger partial charge on any atom is 0.416 e. The highest BCUT2D eigenvalue weighted by Crippen LogP contribution is 2.39. The average molecular weight is 455 g/mol. The van der Waals surface area contributed by atoms with Gasteiger partial charge in [-0.15, -0.1) is 0 Å². The lowest BCUT2D eigenvalue weighted by Gasteiger charge is -2.31. The van der Waals surface area contributed by atoms with E-state index in [-0.39, 0.29) is 30.2 Å². The fraction of sp³-hybridized carbons (Fsp3) is 0.143. The number of hydrogen-bond acceptors (Lipinski definition) is 3. The number of nitrogens with zero attached hydrogens (tertiary/aromatic N) is 1. The Morgan fingerprint density at radius 3 is 2.26 bits per heavy atom. The first-order valence-corrected chi connectivity index (χ1v) is 10.4. The van der Waals surface area contributed by atoms with Gasteiger partial charge < -0.3 is 4.74 Å². The monoisotopic (exact) mass is 455 g/mol. The molecule has 0 aliphatic carbocycles. The minimum atomic E-state index is -4.71. The van der Waals surface area contributed by atoms with Crippen LogP contribution in [0.4, 0.5) is 27.6 Å². The third kappa shape index (κ3) is 4.07. The number of alkyl halides is 3. The van der Waals surface area contributed by atoms with Crippen molar-refractivity contribution in [2.75, 3.05) is 17.5 Å². The van der Waals surface area contributed by atoms with Crippen molar-refractivity contribution in [1.82, 2.24) is 0 Å². The van der Waals surface area contributed by atoms with Crippen molar-refractivity contribution in [3.63, 3.8) is 0 Å². The van der Waals surface area contributed by atoms with Crippen LogP contribution in [0.2, 0.25) is 0 Å². The fourth-order valence-corrected chi connectivity index (χ4v) is 4.80. The van der Waals surface area contributed by atoms with Crippen LogP contribution in [-0.2, 0) is 16.2 Å². The van der Waals surface area contributed by atoms with Crippen molar-refractivity contribution in [1.29, 1.82) is 0 Å². The lowest BCUT2D eigenvalue weighted by atomic mass is 10.0. The zero-order valence-corrected chi connectivity index (χ0v) is 16.5. The van der Waals surface area contributed by atoms with Crippen molar-refractivity contribution < 1.29 is 35.1 Å². The van der Waals surface area contributed by atoms with Crippen molar-refractivity contribution in [3.05, 3.63) is 77.9 Å². The number of halogens is 5. The highest BCUT2D eigenvalue weighted by atomic mass is 32.2. The molecule has 0 unspecified atom stereocenters. The van der Waals surface area contributed by atoms with E-state index >= 15 is 0 Å². The Hall–Kier alpha value is -3.14. The molecular formula is C21H14F5NO3S. The molecule has 4 nitrogen and oxygen atoms in total. The molecule has 0 saturated heterocycles. The van der Waals surface area contributed by atoms with Crippen LogP contribution in [0.1, 0.15) is 5.56 Å². The zero-order valence-electron chi connectivity index (χ0n) is 15.7. The van der Waals surface area contributed by atoms with E-state index in [1.165, 1.54) is 18.2 Å². The van der Waals surface area contributed by atoms with E-state index in [1.807, 2.05) is 0 Å². The third-order valence-electron chi connectivity index (χ3n) is 4.72. The van der Waals surface area contributed by atoms with Gasteiger partial charge in [0, 0.05) is 6.07 Å². The van der Waals surface area contributed by atoms with Crippen molar-refractivity contribution in [2.45, 2.75) is 11.1 Å². The van der Waals surface area contributed by atoms with Crippen LogP contribution in [0.15, 0.2) is 65.6 Å². The van der Waals surface area contributed by atoms with Crippen LogP contribution < -0.4 is 9.04 Å². The fourth-order valence-electron chi connectivity index (χ4n) is 3.30.